The first-order valence-electron chi connectivity index (χ1n) is 3.93. The van der Waals surface area contributed by atoms with Crippen LogP contribution in [0.4, 0.5) is 0 Å². The monoisotopic (exact) mass is 177 g/mol. The molecule has 0 bridgehead atoms. The fourth-order valence-corrected chi connectivity index (χ4v) is 0.929. The van der Waals surface area contributed by atoms with Crippen LogP contribution in [0.25, 0.3) is 0 Å². The molecule has 1 rings (SSSR count). The van der Waals surface area contributed by atoms with Gasteiger partial charge in [-0.2, -0.15) is 0 Å². The number of primary amides is 1. The third-order valence-electron chi connectivity index (χ3n) is 1.63. The zero-order valence-corrected chi connectivity index (χ0v) is 7.10. The van der Waals surface area contributed by atoms with Gasteiger partial charge in [0.25, 0.3) is 5.91 Å². The van der Waals surface area contributed by atoms with Crippen LogP contribution >= 0.6 is 0 Å². The van der Waals surface area contributed by atoms with Gasteiger partial charge in [-0.15, -0.1) is 0 Å². The first-order valence-corrected chi connectivity index (χ1v) is 3.93. The lowest BCUT2D eigenvalue weighted by atomic mass is 10.1. The van der Waals surface area contributed by atoms with Crippen molar-refractivity contribution in [3.8, 4) is 0 Å². The van der Waals surface area contributed by atoms with E-state index in [-0.39, 0.29) is 5.76 Å². The van der Waals surface area contributed by atoms with E-state index in [1.807, 2.05) is 30.3 Å². The third kappa shape index (κ3) is 2.99. The summed E-state index contributed by atoms with van der Waals surface area (Å²) in [6.07, 6.45) is 1.91. The lowest BCUT2D eigenvalue weighted by Gasteiger charge is -1.95. The van der Waals surface area contributed by atoms with Gasteiger partial charge < -0.3 is 10.8 Å². The second-order valence-corrected chi connectivity index (χ2v) is 2.64. The minimum absolute atomic E-state index is 0.385. The maximum Gasteiger partial charge on any atom is 0.283 e. The molecule has 0 spiro atoms. The van der Waals surface area contributed by atoms with Gasteiger partial charge in [0.15, 0.2) is 5.76 Å². The molecule has 0 aliphatic rings. The molecule has 3 N–H and O–H groups in total. The number of amides is 1. The van der Waals surface area contributed by atoms with E-state index in [1.54, 1.807) is 0 Å². The van der Waals surface area contributed by atoms with Crippen molar-refractivity contribution in [3.63, 3.8) is 0 Å². The molecule has 0 fully saturated rings. The molecule has 0 heterocycles. The Morgan fingerprint density at radius 1 is 1.38 bits per heavy atom. The second kappa shape index (κ2) is 4.30. The molecule has 0 unspecified atom stereocenters. The Labute approximate surface area is 76.5 Å². The van der Waals surface area contributed by atoms with Crippen LogP contribution < -0.4 is 5.73 Å². The fraction of sp³-hybridized carbons (Fsp3) is 0.100. The molecular formula is C10H11NO2. The molecule has 0 aromatic heterocycles. The Kier molecular flexibility index (Phi) is 3.09. The highest BCUT2D eigenvalue weighted by Gasteiger charge is 1.99. The number of carbonyl (C=O) groups is 1. The normalized spacial score (nSPS) is 11.2. The Bertz CT molecular complexity index is 317. The number of benzene rings is 1. The summed E-state index contributed by atoms with van der Waals surface area (Å²) < 4.78 is 0. The van der Waals surface area contributed by atoms with Crippen molar-refractivity contribution in [2.45, 2.75) is 6.42 Å². The van der Waals surface area contributed by atoms with Gasteiger partial charge in [-0.25, -0.2) is 0 Å². The highest BCUT2D eigenvalue weighted by Crippen LogP contribution is 2.01. The molecule has 68 valence electrons. The number of allylic oxidation sites excluding steroid dienone is 1. The van der Waals surface area contributed by atoms with Crippen LogP contribution in [0.5, 0.6) is 0 Å². The molecule has 0 aliphatic carbocycles. The lowest BCUT2D eigenvalue weighted by molar-refractivity contribution is -0.116. The minimum atomic E-state index is -0.795. The predicted molar refractivity (Wildman–Crippen MR) is 50.1 cm³/mol. The molecule has 3 nitrogen and oxygen atoms in total. The van der Waals surface area contributed by atoms with E-state index in [9.17, 15) is 4.79 Å². The van der Waals surface area contributed by atoms with Crippen LogP contribution in [0.3, 0.4) is 0 Å². The van der Waals surface area contributed by atoms with Crippen molar-refractivity contribution in [3.05, 3.63) is 47.7 Å². The second-order valence-electron chi connectivity index (χ2n) is 2.64. The maximum absolute atomic E-state index is 10.4. The Balaban J connectivity index is 2.62. The van der Waals surface area contributed by atoms with Gasteiger partial charge in [0.1, 0.15) is 0 Å². The van der Waals surface area contributed by atoms with Crippen molar-refractivity contribution in [2.75, 3.05) is 0 Å². The summed E-state index contributed by atoms with van der Waals surface area (Å²) in [4.78, 5) is 10.4. The van der Waals surface area contributed by atoms with Crippen molar-refractivity contribution in [1.82, 2.24) is 0 Å². The molecule has 0 aliphatic heterocycles. The molecule has 0 saturated carbocycles. The number of nitrogens with two attached hydrogens (primary N) is 1. The summed E-state index contributed by atoms with van der Waals surface area (Å²) in [5.74, 6) is -1.18. The SMILES string of the molecule is NC(=O)C(O)=CCc1ccccc1. The smallest absolute Gasteiger partial charge is 0.283 e. The highest BCUT2D eigenvalue weighted by molar-refractivity contribution is 5.89. The maximum atomic E-state index is 10.4. The van der Waals surface area contributed by atoms with Crippen molar-refractivity contribution >= 4 is 5.91 Å². The molecule has 0 saturated heterocycles. The number of hydrogen-bond donors (Lipinski definition) is 2. The number of aliphatic hydroxyl groups is 1. The van der Waals surface area contributed by atoms with Crippen molar-refractivity contribution in [1.29, 1.82) is 0 Å². The van der Waals surface area contributed by atoms with Crippen LogP contribution in [0.1, 0.15) is 5.56 Å². The van der Waals surface area contributed by atoms with E-state index in [0.717, 1.165) is 5.56 Å². The molecule has 1 amide bonds. The van der Waals surface area contributed by atoms with E-state index < -0.39 is 5.91 Å². The minimum Gasteiger partial charge on any atom is -0.503 e. The topological polar surface area (TPSA) is 63.3 Å². The lowest BCUT2D eigenvalue weighted by Crippen LogP contribution is -2.13. The zero-order chi connectivity index (χ0) is 9.68. The van der Waals surface area contributed by atoms with Crippen LogP contribution in [0.2, 0.25) is 0 Å². The first-order chi connectivity index (χ1) is 6.20. The van der Waals surface area contributed by atoms with Gasteiger partial charge in [0.2, 0.25) is 0 Å². The highest BCUT2D eigenvalue weighted by atomic mass is 16.3. The standard InChI is InChI=1S/C10H11NO2/c11-10(13)9(12)7-6-8-4-2-1-3-5-8/h1-5,7,12H,6H2,(H2,11,13). The van der Waals surface area contributed by atoms with E-state index in [4.69, 9.17) is 10.8 Å². The van der Waals surface area contributed by atoms with Gasteiger partial charge in [-0.1, -0.05) is 30.3 Å². The fourth-order valence-electron chi connectivity index (χ4n) is 0.929. The Morgan fingerprint density at radius 3 is 2.54 bits per heavy atom. The molecule has 0 radical (unpaired) electrons. The van der Waals surface area contributed by atoms with Crippen molar-refractivity contribution in [2.24, 2.45) is 5.73 Å². The number of rotatable bonds is 3. The molecular weight excluding hydrogens is 166 g/mol. The van der Waals surface area contributed by atoms with E-state index in [1.165, 1.54) is 6.08 Å². The van der Waals surface area contributed by atoms with E-state index in [0.29, 0.717) is 6.42 Å². The summed E-state index contributed by atoms with van der Waals surface area (Å²) >= 11 is 0. The van der Waals surface area contributed by atoms with Crippen molar-refractivity contribution < 1.29 is 9.90 Å². The first kappa shape index (κ1) is 9.32. The predicted octanol–water partition coefficient (Wildman–Crippen LogP) is 1.16. The average Bonchev–Trinajstić information content (AvgIpc) is 2.15. The number of aliphatic hydroxyl groups excluding tert-OH is 1. The van der Waals surface area contributed by atoms with Gasteiger partial charge in [0.05, 0.1) is 0 Å². The average molecular weight is 177 g/mol. The van der Waals surface area contributed by atoms with Gasteiger partial charge in [-0.3, -0.25) is 4.79 Å². The summed E-state index contributed by atoms with van der Waals surface area (Å²) in [6.45, 7) is 0. The van der Waals surface area contributed by atoms with Crippen LogP contribution in [-0.2, 0) is 11.2 Å². The van der Waals surface area contributed by atoms with Gasteiger partial charge >= 0.3 is 0 Å². The summed E-state index contributed by atoms with van der Waals surface area (Å²) in [7, 11) is 0. The quantitative estimate of drug-likeness (QED) is 0.537. The van der Waals surface area contributed by atoms with Gasteiger partial charge in [-0.05, 0) is 18.1 Å². The van der Waals surface area contributed by atoms with E-state index in [2.05, 4.69) is 0 Å². The zero-order valence-electron chi connectivity index (χ0n) is 7.10. The number of carbonyl (C=O) groups excluding carboxylic acids is 1. The summed E-state index contributed by atoms with van der Waals surface area (Å²) in [5, 5.41) is 8.97. The molecule has 1 aromatic rings. The van der Waals surface area contributed by atoms with E-state index >= 15 is 0 Å². The Hall–Kier alpha value is -1.77. The molecule has 0 atom stereocenters. The molecule has 3 heteroatoms. The number of hydrogen-bond acceptors (Lipinski definition) is 2. The molecule has 1 aromatic carbocycles. The summed E-state index contributed by atoms with van der Waals surface area (Å²) in [5.41, 5.74) is 5.87. The third-order valence-corrected chi connectivity index (χ3v) is 1.63. The van der Waals surface area contributed by atoms with Crippen LogP contribution in [-0.4, -0.2) is 11.0 Å². The largest absolute Gasteiger partial charge is 0.503 e. The summed E-state index contributed by atoms with van der Waals surface area (Å²) in [6, 6.07) is 9.51. The molecule has 13 heavy (non-hydrogen) atoms. The van der Waals surface area contributed by atoms with Crippen LogP contribution in [0.15, 0.2) is 42.2 Å². The van der Waals surface area contributed by atoms with Gasteiger partial charge in [0, 0.05) is 0 Å². The Morgan fingerprint density at radius 2 is 2.00 bits per heavy atom. The van der Waals surface area contributed by atoms with Crippen LogP contribution in [0, 0.1) is 0 Å².